The maximum atomic E-state index is 12.3. The van der Waals surface area contributed by atoms with Gasteiger partial charge in [-0.2, -0.15) is 0 Å². The number of hydrogen-bond acceptors (Lipinski definition) is 6. The SMILES string of the molecule is CCCn1c(O)c2c(c1O)[C@@](CC(C)C)(C(=O)O)N[C@H]2c1nccs1. The number of aromatic hydroxyl groups is 2. The summed E-state index contributed by atoms with van der Waals surface area (Å²) < 4.78 is 1.39. The van der Waals surface area contributed by atoms with Gasteiger partial charge in [-0.3, -0.25) is 9.88 Å². The summed E-state index contributed by atoms with van der Waals surface area (Å²) in [6.07, 6.45) is 2.64. The molecule has 1 aliphatic heterocycles. The second kappa shape index (κ2) is 6.34. The molecule has 0 spiro atoms. The van der Waals surface area contributed by atoms with E-state index in [9.17, 15) is 20.1 Å². The lowest BCUT2D eigenvalue weighted by Crippen LogP contribution is -2.47. The summed E-state index contributed by atoms with van der Waals surface area (Å²) in [5, 5.41) is 37.1. The lowest BCUT2D eigenvalue weighted by Gasteiger charge is -2.29. The standard InChI is InChI=1S/C17H23N3O4S/c1-4-6-20-14(21)10-11(15(20)22)17(16(23)24,8-9(2)3)19-12(10)13-18-5-7-25-13/h5,7,9,12,19,21-22H,4,6,8H2,1-3H3,(H,23,24)/t12-,17+/m1/s1. The van der Waals surface area contributed by atoms with E-state index in [1.807, 2.05) is 20.8 Å². The minimum Gasteiger partial charge on any atom is -0.494 e. The third kappa shape index (κ3) is 2.60. The maximum Gasteiger partial charge on any atom is 0.328 e. The van der Waals surface area contributed by atoms with E-state index in [1.165, 1.54) is 15.9 Å². The predicted octanol–water partition coefficient (Wildman–Crippen LogP) is 2.78. The Hall–Kier alpha value is -2.06. The van der Waals surface area contributed by atoms with Crippen LogP contribution in [0.2, 0.25) is 0 Å². The van der Waals surface area contributed by atoms with Crippen LogP contribution in [-0.4, -0.2) is 30.8 Å². The van der Waals surface area contributed by atoms with Gasteiger partial charge in [0.15, 0.2) is 11.8 Å². The van der Waals surface area contributed by atoms with Gasteiger partial charge in [-0.15, -0.1) is 11.3 Å². The zero-order valence-electron chi connectivity index (χ0n) is 14.5. The summed E-state index contributed by atoms with van der Waals surface area (Å²) in [7, 11) is 0. The number of thiazole rings is 1. The zero-order valence-corrected chi connectivity index (χ0v) is 15.3. The molecule has 2 aromatic heterocycles. The first-order chi connectivity index (χ1) is 11.8. The number of hydrogen-bond donors (Lipinski definition) is 4. The van der Waals surface area contributed by atoms with Crippen LogP contribution < -0.4 is 5.32 Å². The lowest BCUT2D eigenvalue weighted by molar-refractivity contribution is -0.146. The first-order valence-corrected chi connectivity index (χ1v) is 9.26. The molecule has 0 aromatic carbocycles. The van der Waals surface area contributed by atoms with Gasteiger partial charge in [0.05, 0.1) is 11.6 Å². The molecule has 136 valence electrons. The fourth-order valence-corrected chi connectivity index (χ4v) is 4.42. The summed E-state index contributed by atoms with van der Waals surface area (Å²) in [5.74, 6) is -1.26. The molecule has 8 heteroatoms. The third-order valence-electron chi connectivity index (χ3n) is 4.58. The van der Waals surface area contributed by atoms with Gasteiger partial charge in [0.2, 0.25) is 0 Å². The topological polar surface area (TPSA) is 108 Å². The Morgan fingerprint density at radius 2 is 2.16 bits per heavy atom. The fourth-order valence-electron chi connectivity index (χ4n) is 3.72. The molecule has 0 bridgehead atoms. The van der Waals surface area contributed by atoms with Crippen LogP contribution >= 0.6 is 11.3 Å². The minimum absolute atomic E-state index is 0.0718. The van der Waals surface area contributed by atoms with Crippen LogP contribution in [0.25, 0.3) is 0 Å². The predicted molar refractivity (Wildman–Crippen MR) is 93.9 cm³/mol. The van der Waals surface area contributed by atoms with E-state index in [2.05, 4.69) is 10.3 Å². The summed E-state index contributed by atoms with van der Waals surface area (Å²) in [6.45, 7) is 6.21. The van der Waals surface area contributed by atoms with Crippen molar-refractivity contribution >= 4 is 17.3 Å². The van der Waals surface area contributed by atoms with Gasteiger partial charge in [-0.1, -0.05) is 20.8 Å². The Morgan fingerprint density at radius 1 is 1.44 bits per heavy atom. The smallest absolute Gasteiger partial charge is 0.328 e. The second-order valence-corrected chi connectivity index (χ2v) is 7.77. The highest BCUT2D eigenvalue weighted by Gasteiger charge is 2.55. The molecule has 7 nitrogen and oxygen atoms in total. The van der Waals surface area contributed by atoms with Crippen LogP contribution in [0.1, 0.15) is 55.8 Å². The Bertz CT molecular complexity index is 784. The van der Waals surface area contributed by atoms with Crippen LogP contribution in [0, 0.1) is 5.92 Å². The largest absolute Gasteiger partial charge is 0.494 e. The second-order valence-electron chi connectivity index (χ2n) is 6.84. The number of aromatic nitrogens is 2. The van der Waals surface area contributed by atoms with Crippen molar-refractivity contribution in [3.63, 3.8) is 0 Å². The highest BCUT2D eigenvalue weighted by molar-refractivity contribution is 7.09. The molecule has 2 atom stereocenters. The highest BCUT2D eigenvalue weighted by atomic mass is 32.1. The monoisotopic (exact) mass is 365 g/mol. The molecule has 0 radical (unpaired) electrons. The van der Waals surface area contributed by atoms with Crippen molar-refractivity contribution in [2.24, 2.45) is 5.92 Å². The van der Waals surface area contributed by atoms with E-state index in [4.69, 9.17) is 0 Å². The molecule has 0 unspecified atom stereocenters. The Balaban J connectivity index is 2.27. The minimum atomic E-state index is -1.46. The number of carboxylic acids is 1. The quantitative estimate of drug-likeness (QED) is 0.627. The molecule has 0 amide bonds. The number of carbonyl (C=O) groups is 1. The average Bonchev–Trinajstić information content (AvgIpc) is 3.21. The van der Waals surface area contributed by atoms with Crippen molar-refractivity contribution in [1.82, 2.24) is 14.9 Å². The molecule has 4 N–H and O–H groups in total. The van der Waals surface area contributed by atoms with Gasteiger partial charge in [-0.05, 0) is 18.8 Å². The van der Waals surface area contributed by atoms with E-state index in [1.54, 1.807) is 11.6 Å². The first kappa shape index (κ1) is 17.8. The van der Waals surface area contributed by atoms with Crippen molar-refractivity contribution in [3.05, 3.63) is 27.7 Å². The van der Waals surface area contributed by atoms with Crippen LogP contribution in [0.5, 0.6) is 11.8 Å². The highest BCUT2D eigenvalue weighted by Crippen LogP contribution is 2.53. The molecular weight excluding hydrogens is 342 g/mol. The van der Waals surface area contributed by atoms with Crippen LogP contribution in [0.3, 0.4) is 0 Å². The lowest BCUT2D eigenvalue weighted by atomic mass is 9.84. The summed E-state index contributed by atoms with van der Waals surface area (Å²) in [6, 6.07) is -0.561. The van der Waals surface area contributed by atoms with Crippen LogP contribution in [0.15, 0.2) is 11.6 Å². The molecule has 2 aromatic rings. The van der Waals surface area contributed by atoms with Crippen molar-refractivity contribution in [1.29, 1.82) is 0 Å². The molecule has 0 aliphatic carbocycles. The van der Waals surface area contributed by atoms with E-state index in [-0.39, 0.29) is 23.2 Å². The van der Waals surface area contributed by atoms with E-state index < -0.39 is 17.6 Å². The normalized spacial score (nSPS) is 22.5. The third-order valence-corrected chi connectivity index (χ3v) is 5.42. The number of fused-ring (bicyclic) bond motifs is 1. The molecular formula is C17H23N3O4S. The molecule has 25 heavy (non-hydrogen) atoms. The van der Waals surface area contributed by atoms with E-state index in [0.717, 1.165) is 0 Å². The summed E-state index contributed by atoms with van der Waals surface area (Å²) in [4.78, 5) is 16.6. The van der Waals surface area contributed by atoms with Gasteiger partial charge >= 0.3 is 5.97 Å². The Morgan fingerprint density at radius 3 is 2.68 bits per heavy atom. The van der Waals surface area contributed by atoms with Gasteiger partial charge in [-0.25, -0.2) is 9.78 Å². The molecule has 0 saturated carbocycles. The van der Waals surface area contributed by atoms with Crippen molar-refractivity contribution in [2.75, 3.05) is 0 Å². The number of nitrogens with one attached hydrogen (secondary N) is 1. The number of carboxylic acid groups (broad SMARTS) is 1. The first-order valence-electron chi connectivity index (χ1n) is 8.38. The summed E-state index contributed by atoms with van der Waals surface area (Å²) in [5.41, 5.74) is -0.774. The molecule has 1 aliphatic rings. The molecule has 3 rings (SSSR count). The van der Waals surface area contributed by atoms with Crippen molar-refractivity contribution < 1.29 is 20.1 Å². The molecule has 0 saturated heterocycles. The van der Waals surface area contributed by atoms with Crippen molar-refractivity contribution in [2.45, 2.75) is 51.7 Å². The van der Waals surface area contributed by atoms with Gasteiger partial charge < -0.3 is 15.3 Å². The Kier molecular flexibility index (Phi) is 4.51. The van der Waals surface area contributed by atoms with E-state index >= 15 is 0 Å². The maximum absolute atomic E-state index is 12.3. The van der Waals surface area contributed by atoms with E-state index in [0.29, 0.717) is 30.0 Å². The summed E-state index contributed by atoms with van der Waals surface area (Å²) >= 11 is 1.38. The fraction of sp³-hybridized carbons (Fsp3) is 0.529. The van der Waals surface area contributed by atoms with Gasteiger partial charge in [0.1, 0.15) is 10.5 Å². The van der Waals surface area contributed by atoms with Crippen LogP contribution in [0.4, 0.5) is 0 Å². The Labute approximate surface area is 150 Å². The van der Waals surface area contributed by atoms with Crippen molar-refractivity contribution in [3.8, 4) is 11.8 Å². The van der Waals surface area contributed by atoms with Crippen LogP contribution in [-0.2, 0) is 16.9 Å². The zero-order chi connectivity index (χ0) is 18.4. The number of nitrogens with zero attached hydrogens (tertiary/aromatic N) is 2. The molecule has 0 fully saturated rings. The van der Waals surface area contributed by atoms with Gasteiger partial charge in [0, 0.05) is 23.7 Å². The average molecular weight is 365 g/mol. The molecule has 3 heterocycles. The number of rotatable bonds is 6. The number of aliphatic carboxylic acids is 1. The van der Waals surface area contributed by atoms with Gasteiger partial charge in [0.25, 0.3) is 0 Å².